The predicted molar refractivity (Wildman–Crippen MR) is 216 cm³/mol. The summed E-state index contributed by atoms with van der Waals surface area (Å²) < 4.78 is 18.8. The highest BCUT2D eigenvalue weighted by molar-refractivity contribution is 5.99. The van der Waals surface area contributed by atoms with Crippen LogP contribution in [0.15, 0.2) is 33.6 Å². The highest BCUT2D eigenvalue weighted by atomic mass is 16.7. The van der Waals surface area contributed by atoms with Gasteiger partial charge in [-0.2, -0.15) is 0 Å². The number of hydrogen-bond acceptors (Lipinski definition) is 13. The zero-order valence-corrected chi connectivity index (χ0v) is 34.7. The summed E-state index contributed by atoms with van der Waals surface area (Å²) in [7, 11) is 3.03. The first-order valence-electron chi connectivity index (χ1n) is 21.6. The molecule has 0 radical (unpaired) electrons. The predicted octanol–water partition coefficient (Wildman–Crippen LogP) is 1.37. The van der Waals surface area contributed by atoms with E-state index in [1.165, 1.54) is 102 Å². The summed E-state index contributed by atoms with van der Waals surface area (Å²) in [5.74, 6) is -1.07. The summed E-state index contributed by atoms with van der Waals surface area (Å²) >= 11 is 0. The van der Waals surface area contributed by atoms with E-state index in [2.05, 4.69) is 17.2 Å². The molecular weight excluding hydrogens is 752 g/mol. The van der Waals surface area contributed by atoms with Gasteiger partial charge in [0.25, 0.3) is 11.5 Å². The molecule has 3 aliphatic heterocycles. The molecule has 0 unspecified atom stereocenters. The molecule has 1 aromatic heterocycles. The maximum Gasteiger partial charge on any atom is 0.330 e. The molecule has 17 heteroatoms. The van der Waals surface area contributed by atoms with Crippen molar-refractivity contribution in [1.82, 2.24) is 24.7 Å². The Morgan fingerprint density at radius 1 is 0.845 bits per heavy atom. The quantitative estimate of drug-likeness (QED) is 0.0691. The number of nitrogens with zero attached hydrogens (tertiary/aromatic N) is 3. The average molecular weight is 823 g/mol. The maximum absolute atomic E-state index is 14.3. The monoisotopic (exact) mass is 823 g/mol. The summed E-state index contributed by atoms with van der Waals surface area (Å²) in [6.45, 7) is 2.60. The van der Waals surface area contributed by atoms with E-state index in [0.717, 1.165) is 36.1 Å². The normalized spacial score (nSPS) is 28.5. The van der Waals surface area contributed by atoms with E-state index in [-0.39, 0.29) is 18.8 Å². The number of H-pyrrole nitrogens is 1. The van der Waals surface area contributed by atoms with Crippen molar-refractivity contribution in [1.29, 1.82) is 0 Å². The van der Waals surface area contributed by atoms with E-state index in [4.69, 9.17) is 19.9 Å². The summed E-state index contributed by atoms with van der Waals surface area (Å²) in [6, 6.07) is -0.265. The van der Waals surface area contributed by atoms with Crippen LogP contribution in [-0.4, -0.2) is 140 Å². The third-order valence-corrected chi connectivity index (χ3v) is 11.7. The number of nitrogens with two attached hydrogens (primary N) is 1. The number of aromatic amines is 1. The van der Waals surface area contributed by atoms with Crippen LogP contribution in [0.5, 0.6) is 0 Å². The molecule has 330 valence electrons. The second-order valence-corrected chi connectivity index (χ2v) is 16.1. The van der Waals surface area contributed by atoms with E-state index in [1.54, 1.807) is 18.0 Å². The molecule has 2 saturated heterocycles. The molecule has 4 rings (SSSR count). The minimum absolute atomic E-state index is 0.0682. The lowest BCUT2D eigenvalue weighted by Gasteiger charge is -2.38. The van der Waals surface area contributed by atoms with E-state index in [9.17, 15) is 39.6 Å². The van der Waals surface area contributed by atoms with Crippen molar-refractivity contribution in [3.63, 3.8) is 0 Å². The second-order valence-electron chi connectivity index (χ2n) is 16.1. The van der Waals surface area contributed by atoms with Gasteiger partial charge >= 0.3 is 5.69 Å². The molecule has 17 nitrogen and oxygen atoms in total. The molecule has 0 aliphatic carbocycles. The Hall–Kier alpha value is -3.00. The van der Waals surface area contributed by atoms with Crippen molar-refractivity contribution in [2.75, 3.05) is 33.7 Å². The number of nitrogens with one attached hydrogen (secondary N) is 2. The van der Waals surface area contributed by atoms with Crippen LogP contribution in [0.3, 0.4) is 0 Å². The summed E-state index contributed by atoms with van der Waals surface area (Å²) in [6.07, 6.45) is 10.5. The number of aromatic nitrogens is 2. The van der Waals surface area contributed by atoms with Gasteiger partial charge in [-0.25, -0.2) is 4.79 Å². The number of aliphatic hydroxyl groups excluding tert-OH is 4. The molecule has 0 aromatic carbocycles. The Labute approximate surface area is 341 Å². The fourth-order valence-electron chi connectivity index (χ4n) is 8.09. The van der Waals surface area contributed by atoms with Gasteiger partial charge in [0.1, 0.15) is 54.5 Å². The first kappa shape index (κ1) is 47.7. The van der Waals surface area contributed by atoms with E-state index in [0.29, 0.717) is 6.54 Å². The number of carbonyl (C=O) groups is 2. The molecule has 4 heterocycles. The van der Waals surface area contributed by atoms with E-state index in [1.807, 2.05) is 0 Å². The Bertz CT molecular complexity index is 1560. The fourth-order valence-corrected chi connectivity index (χ4v) is 8.09. The molecular formula is C41H70N6O11. The molecule has 0 bridgehead atoms. The first-order chi connectivity index (χ1) is 27.9. The topological polar surface area (TPSA) is 242 Å². The molecule has 1 aromatic rings. The lowest BCUT2D eigenvalue weighted by Crippen LogP contribution is -2.59. The summed E-state index contributed by atoms with van der Waals surface area (Å²) in [4.78, 5) is 56.8. The van der Waals surface area contributed by atoms with Gasteiger partial charge in [-0.15, -0.1) is 0 Å². The Morgan fingerprint density at radius 3 is 1.95 bits per heavy atom. The number of carbonyl (C=O) groups excluding carboxylic acids is 2. The number of unbranched alkanes of at least 4 members (excludes halogenated alkanes) is 16. The molecule has 2 fully saturated rings. The van der Waals surface area contributed by atoms with Crippen molar-refractivity contribution in [2.24, 2.45) is 5.73 Å². The molecule has 8 N–H and O–H groups in total. The van der Waals surface area contributed by atoms with Crippen LogP contribution in [0.1, 0.15) is 122 Å². The first-order valence-corrected chi connectivity index (χ1v) is 21.6. The van der Waals surface area contributed by atoms with Crippen LogP contribution in [-0.2, 0) is 23.8 Å². The van der Waals surface area contributed by atoms with Crippen molar-refractivity contribution in [2.45, 2.75) is 177 Å². The zero-order valence-electron chi connectivity index (χ0n) is 34.7. The highest BCUT2D eigenvalue weighted by Gasteiger charge is 2.55. The molecule has 58 heavy (non-hydrogen) atoms. The summed E-state index contributed by atoms with van der Waals surface area (Å²) in [5.41, 5.74) is 4.21. The molecule has 10 atom stereocenters. The fraction of sp³-hybridized carbons (Fsp3) is 0.805. The van der Waals surface area contributed by atoms with Gasteiger partial charge in [0.15, 0.2) is 12.5 Å². The van der Waals surface area contributed by atoms with Crippen molar-refractivity contribution < 1.29 is 44.2 Å². The van der Waals surface area contributed by atoms with Gasteiger partial charge in [-0.1, -0.05) is 110 Å². The molecule has 0 spiro atoms. The number of ether oxygens (including phenoxy) is 3. The number of rotatable bonds is 25. The van der Waals surface area contributed by atoms with E-state index >= 15 is 0 Å². The van der Waals surface area contributed by atoms with Crippen LogP contribution in [0.4, 0.5) is 0 Å². The van der Waals surface area contributed by atoms with Gasteiger partial charge in [-0.3, -0.25) is 28.8 Å². The van der Waals surface area contributed by atoms with Crippen molar-refractivity contribution in [3.05, 3.63) is 44.9 Å². The van der Waals surface area contributed by atoms with Gasteiger partial charge in [-0.05, 0) is 19.5 Å². The number of aliphatic hydroxyl groups is 4. The largest absolute Gasteiger partial charge is 0.387 e. The van der Waals surface area contributed by atoms with Gasteiger partial charge < -0.3 is 50.6 Å². The third-order valence-electron chi connectivity index (χ3n) is 11.7. The minimum atomic E-state index is -1.75. The standard InChI is InChI=1S/C41H70N6O11/c1-4-5-6-7-8-9-10-11-12-13-14-15-16-17-18-19-20-23-43-37(53)27-21-24-45(2)30(38(54)46(27)3)35(58-40-34(52)31(49)28(26-42)56-40)36-32(50)33(51)39(57-36)47-25-22-29(48)44-41(47)55/h21-22,25,28,30-36,39-40,49-52H,4-20,23-24,26,42H2,1-3H3,(H,43,53)(H,44,48,55)/t28-,30+,31-,32+,33-,34-,35+,36+,39-,40+/m1/s1. The number of likely N-dealkylation sites (N-methyl/N-ethyl adjacent to an activating group) is 2. The van der Waals surface area contributed by atoms with Crippen molar-refractivity contribution >= 4 is 11.8 Å². The van der Waals surface area contributed by atoms with E-state index < -0.39 is 84.4 Å². The third kappa shape index (κ3) is 13.0. The Balaban J connectivity index is 1.28. The number of amides is 2. The number of hydrogen-bond donors (Lipinski definition) is 7. The van der Waals surface area contributed by atoms with Gasteiger partial charge in [0.05, 0.1) is 0 Å². The zero-order chi connectivity index (χ0) is 42.2. The highest BCUT2D eigenvalue weighted by Crippen LogP contribution is 2.36. The van der Waals surface area contributed by atoms with Crippen LogP contribution < -0.4 is 22.3 Å². The van der Waals surface area contributed by atoms with Crippen LogP contribution in [0.25, 0.3) is 0 Å². The van der Waals surface area contributed by atoms with Crippen LogP contribution in [0, 0.1) is 0 Å². The van der Waals surface area contributed by atoms with Gasteiger partial charge in [0.2, 0.25) is 5.91 Å². The minimum Gasteiger partial charge on any atom is -0.387 e. The van der Waals surface area contributed by atoms with Crippen LogP contribution >= 0.6 is 0 Å². The molecule has 2 amide bonds. The lowest BCUT2D eigenvalue weighted by atomic mass is 9.97. The Kier molecular flexibility index (Phi) is 20.0. The average Bonchev–Trinajstić information content (AvgIpc) is 3.60. The van der Waals surface area contributed by atoms with Crippen LogP contribution in [0.2, 0.25) is 0 Å². The smallest absolute Gasteiger partial charge is 0.330 e. The second kappa shape index (κ2) is 24.3. The Morgan fingerprint density at radius 2 is 1.41 bits per heavy atom. The van der Waals surface area contributed by atoms with Crippen molar-refractivity contribution in [3.8, 4) is 0 Å². The lowest BCUT2D eigenvalue weighted by molar-refractivity contribution is -0.232. The molecule has 0 saturated carbocycles. The molecule has 3 aliphatic rings. The SMILES string of the molecule is CCCCCCCCCCCCCCCCCCCNC(=O)C1=CCN(C)[C@@H]([C@H](O[C@@H]2O[C@H](CN)[C@@H](O)[C@H]2O)[C@H]2O[C@@H](n3ccc(=O)[nH]c3=O)[C@H](O)[C@@H]2O)C(=O)N1C. The van der Waals surface area contributed by atoms with Gasteiger partial charge in [0, 0.05) is 38.9 Å². The summed E-state index contributed by atoms with van der Waals surface area (Å²) in [5, 5.41) is 46.6. The maximum atomic E-state index is 14.3.